The number of carbonyl (C=O) groups is 2. The number of nitrogens with zero attached hydrogens (tertiary/aromatic N) is 2. The van der Waals surface area contributed by atoms with Crippen LogP contribution in [-0.2, 0) is 16.0 Å². The number of non-ortho nitro benzene ring substituents is 1. The van der Waals surface area contributed by atoms with Crippen LogP contribution in [0.5, 0.6) is 0 Å². The van der Waals surface area contributed by atoms with Gasteiger partial charge in [-0.15, -0.1) is 0 Å². The van der Waals surface area contributed by atoms with Crippen molar-refractivity contribution in [2.24, 2.45) is 0 Å². The second-order valence-electron chi connectivity index (χ2n) is 9.09. The van der Waals surface area contributed by atoms with Gasteiger partial charge in [-0.3, -0.25) is 19.7 Å². The van der Waals surface area contributed by atoms with Crippen LogP contribution in [0.3, 0.4) is 0 Å². The number of hydrogen-bond donors (Lipinski definition) is 2. The molecule has 8 heteroatoms. The van der Waals surface area contributed by atoms with Crippen LogP contribution in [0.2, 0.25) is 0 Å². The molecule has 5 rings (SSSR count). The van der Waals surface area contributed by atoms with Crippen LogP contribution in [0, 0.1) is 10.1 Å². The number of benzene rings is 3. The SMILES string of the molecule is CC(=O)N1CCCC1Cc1ccc(N/C(=C2\C(=O)Nc3ccc([N+](=O)[O-])cc32)c2ccccc2)cc1. The second kappa shape index (κ2) is 9.65. The number of rotatable bonds is 6. The van der Waals surface area contributed by atoms with E-state index in [-0.39, 0.29) is 23.5 Å². The molecule has 3 aromatic carbocycles. The predicted octanol–water partition coefficient (Wildman–Crippen LogP) is 5.08. The molecule has 2 amide bonds. The number of fused-ring (bicyclic) bond motifs is 1. The van der Waals surface area contributed by atoms with E-state index in [0.717, 1.165) is 42.6 Å². The molecule has 0 aromatic heterocycles. The summed E-state index contributed by atoms with van der Waals surface area (Å²) in [5.74, 6) is -0.204. The molecule has 0 saturated carbocycles. The quantitative estimate of drug-likeness (QED) is 0.290. The first-order chi connectivity index (χ1) is 17.4. The van der Waals surface area contributed by atoms with Crippen molar-refractivity contribution in [1.29, 1.82) is 0 Å². The summed E-state index contributed by atoms with van der Waals surface area (Å²) in [7, 11) is 0. The molecule has 2 aliphatic rings. The van der Waals surface area contributed by atoms with Crippen LogP contribution in [0.25, 0.3) is 11.3 Å². The summed E-state index contributed by atoms with van der Waals surface area (Å²) in [6.07, 6.45) is 2.83. The predicted molar refractivity (Wildman–Crippen MR) is 139 cm³/mol. The van der Waals surface area contributed by atoms with Crippen molar-refractivity contribution in [1.82, 2.24) is 4.90 Å². The molecule has 2 N–H and O–H groups in total. The Morgan fingerprint density at radius 1 is 1.11 bits per heavy atom. The van der Waals surface area contributed by atoms with E-state index in [1.54, 1.807) is 13.0 Å². The smallest absolute Gasteiger partial charge is 0.270 e. The molecule has 2 aliphatic heterocycles. The van der Waals surface area contributed by atoms with Gasteiger partial charge in [0, 0.05) is 48.6 Å². The van der Waals surface area contributed by atoms with Gasteiger partial charge in [0.15, 0.2) is 0 Å². The Morgan fingerprint density at radius 2 is 1.86 bits per heavy atom. The summed E-state index contributed by atoms with van der Waals surface area (Å²) in [6.45, 7) is 2.44. The van der Waals surface area contributed by atoms with E-state index in [0.29, 0.717) is 22.5 Å². The first kappa shape index (κ1) is 23.3. The maximum atomic E-state index is 13.0. The molecule has 0 bridgehead atoms. The van der Waals surface area contributed by atoms with Crippen molar-refractivity contribution in [3.63, 3.8) is 0 Å². The molecule has 0 radical (unpaired) electrons. The second-order valence-corrected chi connectivity index (χ2v) is 9.09. The van der Waals surface area contributed by atoms with Gasteiger partial charge in [-0.1, -0.05) is 42.5 Å². The van der Waals surface area contributed by atoms with Crippen molar-refractivity contribution < 1.29 is 14.5 Å². The maximum Gasteiger partial charge on any atom is 0.270 e. The molecule has 0 spiro atoms. The van der Waals surface area contributed by atoms with E-state index in [9.17, 15) is 19.7 Å². The number of likely N-dealkylation sites (tertiary alicyclic amines) is 1. The number of nitrogens with one attached hydrogen (secondary N) is 2. The van der Waals surface area contributed by atoms with Gasteiger partial charge >= 0.3 is 0 Å². The summed E-state index contributed by atoms with van der Waals surface area (Å²) in [5.41, 5.74) is 4.57. The Labute approximate surface area is 208 Å². The minimum absolute atomic E-state index is 0.0777. The van der Waals surface area contributed by atoms with Gasteiger partial charge in [0.2, 0.25) is 5.91 Å². The zero-order valence-electron chi connectivity index (χ0n) is 19.9. The fourth-order valence-electron chi connectivity index (χ4n) is 5.00. The van der Waals surface area contributed by atoms with Gasteiger partial charge in [0.1, 0.15) is 0 Å². The van der Waals surface area contributed by atoms with Crippen LogP contribution in [0.15, 0.2) is 72.8 Å². The van der Waals surface area contributed by atoms with E-state index in [4.69, 9.17) is 0 Å². The minimum Gasteiger partial charge on any atom is -0.354 e. The van der Waals surface area contributed by atoms with Crippen LogP contribution in [-0.4, -0.2) is 34.2 Å². The largest absolute Gasteiger partial charge is 0.354 e. The number of nitro groups is 1. The minimum atomic E-state index is -0.466. The van der Waals surface area contributed by atoms with E-state index >= 15 is 0 Å². The highest BCUT2D eigenvalue weighted by Gasteiger charge is 2.30. The Morgan fingerprint density at radius 3 is 2.56 bits per heavy atom. The Kier molecular flexibility index (Phi) is 6.25. The first-order valence-electron chi connectivity index (χ1n) is 11.9. The van der Waals surface area contributed by atoms with Gasteiger partial charge in [-0.05, 0) is 48.6 Å². The fourth-order valence-corrected chi connectivity index (χ4v) is 5.00. The molecule has 0 aliphatic carbocycles. The lowest BCUT2D eigenvalue weighted by Crippen LogP contribution is -2.34. The lowest BCUT2D eigenvalue weighted by atomic mass is 9.99. The molecule has 182 valence electrons. The lowest BCUT2D eigenvalue weighted by molar-refractivity contribution is -0.384. The molecule has 1 saturated heterocycles. The highest BCUT2D eigenvalue weighted by atomic mass is 16.6. The molecule has 1 fully saturated rings. The third-order valence-corrected chi connectivity index (χ3v) is 6.75. The van der Waals surface area contributed by atoms with Crippen LogP contribution in [0.4, 0.5) is 17.1 Å². The Hall–Kier alpha value is -4.46. The number of amides is 2. The summed E-state index contributed by atoms with van der Waals surface area (Å²) >= 11 is 0. The standard InChI is InChI=1S/C28H26N4O4/c1-18(33)31-15-5-8-22(31)16-19-9-11-21(12-10-19)29-27(20-6-3-2-4-7-20)26-24-17-23(32(35)36)13-14-25(24)30-28(26)34/h2-4,6-7,9-14,17,22,29H,5,8,15-16H2,1H3,(H,30,34)/b27-26-. The number of hydrogen-bond acceptors (Lipinski definition) is 5. The Bertz CT molecular complexity index is 1370. The summed E-state index contributed by atoms with van der Waals surface area (Å²) < 4.78 is 0. The average Bonchev–Trinajstić information content (AvgIpc) is 3.47. The molecule has 8 nitrogen and oxygen atoms in total. The summed E-state index contributed by atoms with van der Waals surface area (Å²) in [6, 6.07) is 22.0. The van der Waals surface area contributed by atoms with Gasteiger partial charge < -0.3 is 15.5 Å². The fraction of sp³-hybridized carbons (Fsp3) is 0.214. The van der Waals surface area contributed by atoms with Gasteiger partial charge in [0.25, 0.3) is 11.6 Å². The average molecular weight is 483 g/mol. The highest BCUT2D eigenvalue weighted by Crippen LogP contribution is 2.39. The van der Waals surface area contributed by atoms with Gasteiger partial charge in [-0.2, -0.15) is 0 Å². The zero-order valence-corrected chi connectivity index (χ0v) is 19.9. The molecule has 3 aromatic rings. The number of anilines is 2. The number of nitro benzene ring substituents is 1. The van der Waals surface area contributed by atoms with Crippen LogP contribution >= 0.6 is 0 Å². The first-order valence-corrected chi connectivity index (χ1v) is 11.9. The monoisotopic (exact) mass is 482 g/mol. The molecule has 1 unspecified atom stereocenters. The van der Waals surface area contributed by atoms with E-state index in [1.165, 1.54) is 12.1 Å². The summed E-state index contributed by atoms with van der Waals surface area (Å²) in [4.78, 5) is 37.8. The van der Waals surface area contributed by atoms with E-state index in [1.807, 2.05) is 59.5 Å². The molecule has 1 atom stereocenters. The topological polar surface area (TPSA) is 105 Å². The van der Waals surface area contributed by atoms with Gasteiger partial charge in [0.05, 0.1) is 16.2 Å². The summed E-state index contributed by atoms with van der Waals surface area (Å²) in [5, 5.41) is 17.6. The van der Waals surface area contributed by atoms with Gasteiger partial charge in [-0.25, -0.2) is 0 Å². The van der Waals surface area contributed by atoms with Crippen molar-refractivity contribution in [2.45, 2.75) is 32.2 Å². The normalized spacial score (nSPS) is 18.0. The van der Waals surface area contributed by atoms with E-state index in [2.05, 4.69) is 10.6 Å². The zero-order chi connectivity index (χ0) is 25.2. The van der Waals surface area contributed by atoms with Crippen molar-refractivity contribution in [3.05, 3.63) is 99.6 Å². The lowest BCUT2D eigenvalue weighted by Gasteiger charge is -2.23. The molecule has 2 heterocycles. The van der Waals surface area contributed by atoms with Crippen molar-refractivity contribution in [3.8, 4) is 0 Å². The number of carbonyl (C=O) groups excluding carboxylic acids is 2. The van der Waals surface area contributed by atoms with E-state index < -0.39 is 4.92 Å². The molecular formula is C28H26N4O4. The van der Waals surface area contributed by atoms with Crippen LogP contribution < -0.4 is 10.6 Å². The maximum absolute atomic E-state index is 13.0. The van der Waals surface area contributed by atoms with Crippen molar-refractivity contribution in [2.75, 3.05) is 17.2 Å². The highest BCUT2D eigenvalue weighted by molar-refractivity contribution is 6.37. The van der Waals surface area contributed by atoms with Crippen molar-refractivity contribution >= 4 is 40.1 Å². The molecule has 36 heavy (non-hydrogen) atoms. The Balaban J connectivity index is 1.48. The third-order valence-electron chi connectivity index (χ3n) is 6.75. The third kappa shape index (κ3) is 4.57. The van der Waals surface area contributed by atoms with Crippen LogP contribution in [0.1, 0.15) is 36.5 Å². The molecular weight excluding hydrogens is 456 g/mol.